The molecule has 6 nitrogen and oxygen atoms in total. The summed E-state index contributed by atoms with van der Waals surface area (Å²) < 4.78 is 5.43. The highest BCUT2D eigenvalue weighted by atomic mass is 16.5. The first-order valence-electron chi connectivity index (χ1n) is 8.77. The molecule has 0 saturated carbocycles. The number of carbonyl (C=O) groups is 1. The van der Waals surface area contributed by atoms with Gasteiger partial charge in [0.2, 0.25) is 10.9 Å². The van der Waals surface area contributed by atoms with E-state index in [0.717, 1.165) is 5.56 Å². The van der Waals surface area contributed by atoms with E-state index in [0.29, 0.717) is 41.3 Å². The summed E-state index contributed by atoms with van der Waals surface area (Å²) in [5.41, 5.74) is 2.14. The lowest BCUT2D eigenvalue weighted by Gasteiger charge is -2.27. The van der Waals surface area contributed by atoms with Crippen molar-refractivity contribution in [2.24, 2.45) is 0 Å². The topological polar surface area (TPSA) is 75.7 Å². The molecule has 0 unspecified atom stereocenters. The third-order valence-corrected chi connectivity index (χ3v) is 4.70. The minimum atomic E-state index is -0.490. The standard InChI is InChI=1S/C21H18N2O4/c1-2-23(11-13-6-4-3-5-7-13)19-18(20(25)21(19)26)14-8-9-15-16(10-14)27-12-17(24)22-15/h3-10H,2,11-12H2,1H3,(H,22,24). The number of anilines is 2. The van der Waals surface area contributed by atoms with Crippen molar-refractivity contribution in [1.29, 1.82) is 0 Å². The summed E-state index contributed by atoms with van der Waals surface area (Å²) in [5.74, 6) is 0.280. The van der Waals surface area contributed by atoms with Crippen molar-refractivity contribution in [3.63, 3.8) is 0 Å². The van der Waals surface area contributed by atoms with Gasteiger partial charge in [-0.1, -0.05) is 36.4 Å². The van der Waals surface area contributed by atoms with E-state index in [1.165, 1.54) is 0 Å². The number of fused-ring (bicyclic) bond motifs is 1. The van der Waals surface area contributed by atoms with Crippen molar-refractivity contribution in [1.82, 2.24) is 0 Å². The van der Waals surface area contributed by atoms with Crippen molar-refractivity contribution >= 4 is 17.3 Å². The smallest absolute Gasteiger partial charge is 0.262 e. The van der Waals surface area contributed by atoms with Crippen molar-refractivity contribution < 1.29 is 9.53 Å². The van der Waals surface area contributed by atoms with Gasteiger partial charge in [0.15, 0.2) is 6.61 Å². The van der Waals surface area contributed by atoms with Crippen molar-refractivity contribution in [2.45, 2.75) is 13.5 Å². The minimum Gasteiger partial charge on any atom is -0.482 e. The highest BCUT2D eigenvalue weighted by Gasteiger charge is 2.27. The van der Waals surface area contributed by atoms with Gasteiger partial charge in [0.1, 0.15) is 11.4 Å². The molecule has 0 aliphatic carbocycles. The Hall–Kier alpha value is -3.41. The maximum atomic E-state index is 12.3. The van der Waals surface area contributed by atoms with E-state index in [-0.39, 0.29) is 12.5 Å². The number of nitrogens with one attached hydrogen (secondary N) is 1. The van der Waals surface area contributed by atoms with Crippen LogP contribution in [0, 0.1) is 0 Å². The maximum absolute atomic E-state index is 12.3. The van der Waals surface area contributed by atoms with E-state index in [1.807, 2.05) is 42.2 Å². The van der Waals surface area contributed by atoms with Gasteiger partial charge in [0, 0.05) is 13.1 Å². The van der Waals surface area contributed by atoms with Gasteiger partial charge in [-0.15, -0.1) is 0 Å². The quantitative estimate of drug-likeness (QED) is 0.705. The molecule has 0 atom stereocenters. The molecule has 0 radical (unpaired) electrons. The number of rotatable bonds is 5. The lowest BCUT2D eigenvalue weighted by molar-refractivity contribution is -0.118. The summed E-state index contributed by atoms with van der Waals surface area (Å²) >= 11 is 0. The van der Waals surface area contributed by atoms with Crippen LogP contribution in [0.3, 0.4) is 0 Å². The van der Waals surface area contributed by atoms with E-state index in [2.05, 4.69) is 5.32 Å². The molecule has 3 aromatic carbocycles. The molecule has 6 heteroatoms. The molecular formula is C21H18N2O4. The van der Waals surface area contributed by atoms with Gasteiger partial charge in [0.05, 0.1) is 11.3 Å². The van der Waals surface area contributed by atoms with Gasteiger partial charge < -0.3 is 15.0 Å². The molecule has 0 bridgehead atoms. The fraction of sp³-hybridized carbons (Fsp3) is 0.190. The first-order chi connectivity index (χ1) is 13.1. The number of hydrogen-bond acceptors (Lipinski definition) is 5. The van der Waals surface area contributed by atoms with Crippen LogP contribution in [0.4, 0.5) is 11.4 Å². The average Bonchev–Trinajstić information content (AvgIpc) is 2.70. The zero-order valence-corrected chi connectivity index (χ0v) is 14.8. The Labute approximate surface area is 155 Å². The monoisotopic (exact) mass is 362 g/mol. The molecule has 0 saturated heterocycles. The van der Waals surface area contributed by atoms with Crippen LogP contribution in [0.1, 0.15) is 12.5 Å². The lowest BCUT2D eigenvalue weighted by Crippen LogP contribution is -2.41. The number of benzene rings is 2. The number of hydrogen-bond donors (Lipinski definition) is 1. The van der Waals surface area contributed by atoms with E-state index in [4.69, 9.17) is 4.74 Å². The maximum Gasteiger partial charge on any atom is 0.262 e. The van der Waals surface area contributed by atoms with Crippen LogP contribution in [-0.4, -0.2) is 19.1 Å². The molecule has 136 valence electrons. The number of carbonyl (C=O) groups excluding carboxylic acids is 1. The van der Waals surface area contributed by atoms with Crippen LogP contribution >= 0.6 is 0 Å². The number of amides is 1. The Bertz CT molecular complexity index is 1080. The summed E-state index contributed by atoms with van der Waals surface area (Å²) in [5, 5.41) is 2.72. The Morgan fingerprint density at radius 1 is 1.04 bits per heavy atom. The van der Waals surface area contributed by atoms with Crippen molar-refractivity contribution in [3.05, 3.63) is 74.5 Å². The van der Waals surface area contributed by atoms with Crippen LogP contribution < -0.4 is 25.8 Å². The van der Waals surface area contributed by atoms with Gasteiger partial charge in [-0.25, -0.2) is 0 Å². The van der Waals surface area contributed by atoms with Crippen molar-refractivity contribution in [2.75, 3.05) is 23.4 Å². The van der Waals surface area contributed by atoms with Crippen LogP contribution in [0.15, 0.2) is 58.1 Å². The van der Waals surface area contributed by atoms with Gasteiger partial charge >= 0.3 is 0 Å². The SMILES string of the molecule is CCN(Cc1ccccc1)c1c(-c2ccc3c(c2)OCC(=O)N3)c(=O)c1=O. The van der Waals surface area contributed by atoms with Gasteiger partial charge in [-0.05, 0) is 30.2 Å². The average molecular weight is 362 g/mol. The zero-order chi connectivity index (χ0) is 19.0. The van der Waals surface area contributed by atoms with Crippen LogP contribution in [0.25, 0.3) is 11.1 Å². The number of ether oxygens (including phenoxy) is 1. The highest BCUT2D eigenvalue weighted by Crippen LogP contribution is 2.35. The summed E-state index contributed by atoms with van der Waals surface area (Å²) in [6.45, 7) is 3.04. The molecule has 4 rings (SSSR count). The van der Waals surface area contributed by atoms with Crippen molar-refractivity contribution in [3.8, 4) is 16.9 Å². The fourth-order valence-electron chi connectivity index (χ4n) is 3.33. The normalized spacial score (nSPS) is 13.0. The van der Waals surface area contributed by atoms with E-state index >= 15 is 0 Å². The molecular weight excluding hydrogens is 344 g/mol. The molecule has 0 fully saturated rings. The fourth-order valence-corrected chi connectivity index (χ4v) is 3.33. The van der Waals surface area contributed by atoms with Crippen LogP contribution in [0.5, 0.6) is 5.75 Å². The number of nitrogens with zero attached hydrogens (tertiary/aromatic N) is 1. The van der Waals surface area contributed by atoms with Crippen LogP contribution in [-0.2, 0) is 11.3 Å². The first kappa shape index (κ1) is 17.0. The van der Waals surface area contributed by atoms with Gasteiger partial charge in [0.25, 0.3) is 5.91 Å². The second-order valence-electron chi connectivity index (χ2n) is 6.43. The Balaban J connectivity index is 1.71. The molecule has 0 aromatic heterocycles. The van der Waals surface area contributed by atoms with E-state index < -0.39 is 10.9 Å². The molecule has 1 heterocycles. The van der Waals surface area contributed by atoms with Crippen LogP contribution in [0.2, 0.25) is 0 Å². The first-order valence-corrected chi connectivity index (χ1v) is 8.77. The summed E-state index contributed by atoms with van der Waals surface area (Å²) in [7, 11) is 0. The summed E-state index contributed by atoms with van der Waals surface area (Å²) in [6, 6.07) is 14.9. The Kier molecular flexibility index (Phi) is 4.24. The van der Waals surface area contributed by atoms with Gasteiger partial charge in [-0.3, -0.25) is 14.4 Å². The van der Waals surface area contributed by atoms with E-state index in [9.17, 15) is 14.4 Å². The largest absolute Gasteiger partial charge is 0.482 e. The molecule has 27 heavy (non-hydrogen) atoms. The summed E-state index contributed by atoms with van der Waals surface area (Å²) in [6.07, 6.45) is 0. The molecule has 1 N–H and O–H groups in total. The Morgan fingerprint density at radius 3 is 2.56 bits per heavy atom. The predicted molar refractivity (Wildman–Crippen MR) is 104 cm³/mol. The molecule has 0 spiro atoms. The van der Waals surface area contributed by atoms with Gasteiger partial charge in [-0.2, -0.15) is 0 Å². The molecule has 1 aliphatic rings. The molecule has 3 aromatic rings. The zero-order valence-electron chi connectivity index (χ0n) is 14.8. The molecule has 1 aliphatic heterocycles. The second kappa shape index (κ2) is 6.72. The third kappa shape index (κ3) is 2.99. The lowest BCUT2D eigenvalue weighted by atomic mass is 9.96. The third-order valence-electron chi connectivity index (χ3n) is 4.70. The van der Waals surface area contributed by atoms with E-state index in [1.54, 1.807) is 18.2 Å². The minimum absolute atomic E-state index is 0.0652. The predicted octanol–water partition coefficient (Wildman–Crippen LogP) is 2.31. The molecule has 1 amide bonds. The second-order valence-corrected chi connectivity index (χ2v) is 6.43. The summed E-state index contributed by atoms with van der Waals surface area (Å²) in [4.78, 5) is 38.0. The Morgan fingerprint density at radius 2 is 1.81 bits per heavy atom. The highest BCUT2D eigenvalue weighted by molar-refractivity contribution is 5.96.